The quantitative estimate of drug-likeness (QED) is 0.422. The SMILES string of the molecule is C=C(Cl)N=C(OCC(=O)O)C1=CC(OC)=CCC1Cc1ccc(C)c(C)c1. The second-order valence-electron chi connectivity index (χ2n) is 6.44. The van der Waals surface area contributed by atoms with E-state index in [9.17, 15) is 4.79 Å². The first-order valence-electron chi connectivity index (χ1n) is 8.60. The van der Waals surface area contributed by atoms with Crippen LogP contribution in [0.1, 0.15) is 23.1 Å². The Morgan fingerprint density at radius 3 is 2.70 bits per heavy atom. The highest BCUT2D eigenvalue weighted by molar-refractivity contribution is 6.29. The predicted molar refractivity (Wildman–Crippen MR) is 107 cm³/mol. The summed E-state index contributed by atoms with van der Waals surface area (Å²) < 4.78 is 10.7. The first kappa shape index (κ1) is 20.8. The summed E-state index contributed by atoms with van der Waals surface area (Å²) in [5.41, 5.74) is 4.40. The third-order valence-corrected chi connectivity index (χ3v) is 4.52. The maximum Gasteiger partial charge on any atom is 0.341 e. The number of carbonyl (C=O) groups is 1. The predicted octanol–water partition coefficient (Wildman–Crippen LogP) is 4.53. The third-order valence-electron chi connectivity index (χ3n) is 4.43. The highest BCUT2D eigenvalue weighted by Crippen LogP contribution is 2.30. The molecule has 1 aromatic carbocycles. The Morgan fingerprint density at radius 1 is 1.37 bits per heavy atom. The summed E-state index contributed by atoms with van der Waals surface area (Å²) in [4.78, 5) is 15.1. The number of rotatable bonds is 7. The topological polar surface area (TPSA) is 68.1 Å². The minimum atomic E-state index is -1.09. The van der Waals surface area contributed by atoms with Gasteiger partial charge in [-0.1, -0.05) is 36.4 Å². The van der Waals surface area contributed by atoms with Crippen LogP contribution in [-0.2, 0) is 20.7 Å². The molecule has 0 aromatic heterocycles. The van der Waals surface area contributed by atoms with Crippen molar-refractivity contribution in [3.63, 3.8) is 0 Å². The first-order valence-corrected chi connectivity index (χ1v) is 8.98. The average molecular weight is 390 g/mol. The van der Waals surface area contributed by atoms with Crippen molar-refractivity contribution in [2.45, 2.75) is 26.7 Å². The lowest BCUT2D eigenvalue weighted by molar-refractivity contribution is -0.139. The standard InChI is InChI=1S/C21H24ClNO4/c1-13-5-6-16(9-14(13)2)10-17-7-8-18(26-4)11-19(17)21(23-15(3)22)27-12-20(24)25/h5-6,8-9,11,17H,3,7,10,12H2,1-2,4H3,(H,24,25). The number of aryl methyl sites for hydroxylation is 2. The minimum absolute atomic E-state index is 0.0229. The van der Waals surface area contributed by atoms with Gasteiger partial charge < -0.3 is 14.6 Å². The fraction of sp³-hybridized carbons (Fsp3) is 0.333. The zero-order valence-corrected chi connectivity index (χ0v) is 16.5. The van der Waals surface area contributed by atoms with E-state index in [1.807, 2.05) is 12.2 Å². The van der Waals surface area contributed by atoms with Gasteiger partial charge in [0.15, 0.2) is 6.61 Å². The molecular weight excluding hydrogens is 366 g/mol. The van der Waals surface area contributed by atoms with E-state index < -0.39 is 12.6 Å². The number of hydrogen-bond acceptors (Lipinski definition) is 4. The lowest BCUT2D eigenvalue weighted by Crippen LogP contribution is -2.23. The van der Waals surface area contributed by atoms with Gasteiger partial charge in [-0.3, -0.25) is 0 Å². The highest BCUT2D eigenvalue weighted by Gasteiger charge is 2.25. The van der Waals surface area contributed by atoms with Crippen LogP contribution < -0.4 is 0 Å². The van der Waals surface area contributed by atoms with Gasteiger partial charge in [-0.2, -0.15) is 0 Å². The number of aliphatic carboxylic acids is 1. The summed E-state index contributed by atoms with van der Waals surface area (Å²) in [6, 6.07) is 6.37. The van der Waals surface area contributed by atoms with Crippen molar-refractivity contribution in [3.05, 3.63) is 70.1 Å². The van der Waals surface area contributed by atoms with Crippen LogP contribution in [-0.4, -0.2) is 30.7 Å². The normalized spacial score (nSPS) is 17.0. The monoisotopic (exact) mass is 389 g/mol. The lowest BCUT2D eigenvalue weighted by Gasteiger charge is -2.24. The molecule has 0 amide bonds. The summed E-state index contributed by atoms with van der Waals surface area (Å²) >= 11 is 5.84. The van der Waals surface area contributed by atoms with Gasteiger partial charge in [0, 0.05) is 5.57 Å². The number of nitrogens with zero attached hydrogens (tertiary/aromatic N) is 1. The van der Waals surface area contributed by atoms with E-state index in [1.54, 1.807) is 7.11 Å². The number of carboxylic acid groups (broad SMARTS) is 1. The van der Waals surface area contributed by atoms with Crippen molar-refractivity contribution in [2.24, 2.45) is 10.9 Å². The zero-order chi connectivity index (χ0) is 20.0. The number of halogens is 1. The average Bonchev–Trinajstić information content (AvgIpc) is 2.61. The molecule has 27 heavy (non-hydrogen) atoms. The van der Waals surface area contributed by atoms with Crippen molar-refractivity contribution < 1.29 is 19.4 Å². The number of carboxylic acids is 1. The Morgan fingerprint density at radius 2 is 2.11 bits per heavy atom. The van der Waals surface area contributed by atoms with Crippen LogP contribution >= 0.6 is 11.6 Å². The molecule has 1 N–H and O–H groups in total. The molecular formula is C21H24ClNO4. The van der Waals surface area contributed by atoms with E-state index in [4.69, 9.17) is 26.2 Å². The number of ether oxygens (including phenoxy) is 2. The molecule has 0 spiro atoms. The number of allylic oxidation sites excluding steroid dienone is 2. The molecule has 1 atom stereocenters. The summed E-state index contributed by atoms with van der Waals surface area (Å²) in [6.45, 7) is 7.21. The molecule has 0 saturated carbocycles. The smallest absolute Gasteiger partial charge is 0.341 e. The zero-order valence-electron chi connectivity index (χ0n) is 15.8. The molecule has 0 saturated heterocycles. The Bertz CT molecular complexity index is 823. The first-order chi connectivity index (χ1) is 12.8. The van der Waals surface area contributed by atoms with Crippen LogP contribution in [0, 0.1) is 19.8 Å². The van der Waals surface area contributed by atoms with Crippen LogP contribution in [0.2, 0.25) is 0 Å². The second-order valence-corrected chi connectivity index (χ2v) is 6.88. The van der Waals surface area contributed by atoms with Gasteiger partial charge in [0.25, 0.3) is 0 Å². The van der Waals surface area contributed by atoms with Crippen molar-refractivity contribution in [3.8, 4) is 0 Å². The van der Waals surface area contributed by atoms with Gasteiger partial charge in [-0.25, -0.2) is 9.79 Å². The van der Waals surface area contributed by atoms with Crippen LogP contribution in [0.5, 0.6) is 0 Å². The summed E-state index contributed by atoms with van der Waals surface area (Å²) in [5.74, 6) is -0.205. The fourth-order valence-electron chi connectivity index (χ4n) is 2.92. The molecule has 0 bridgehead atoms. The molecule has 0 radical (unpaired) electrons. The second kappa shape index (κ2) is 9.42. The maximum absolute atomic E-state index is 10.9. The molecule has 0 aliphatic heterocycles. The number of methoxy groups -OCH3 is 1. The van der Waals surface area contributed by atoms with Crippen molar-refractivity contribution in [2.75, 3.05) is 13.7 Å². The summed E-state index contributed by atoms with van der Waals surface area (Å²) in [7, 11) is 1.58. The van der Waals surface area contributed by atoms with Gasteiger partial charge in [0.1, 0.15) is 10.9 Å². The van der Waals surface area contributed by atoms with Crippen molar-refractivity contribution >= 4 is 23.5 Å². The lowest BCUT2D eigenvalue weighted by atomic mass is 9.84. The molecule has 0 heterocycles. The molecule has 5 nitrogen and oxygen atoms in total. The van der Waals surface area contributed by atoms with E-state index in [0.29, 0.717) is 12.2 Å². The van der Waals surface area contributed by atoms with E-state index in [2.05, 4.69) is 43.6 Å². The Labute approximate surface area is 164 Å². The van der Waals surface area contributed by atoms with E-state index in [0.717, 1.165) is 12.0 Å². The van der Waals surface area contributed by atoms with E-state index >= 15 is 0 Å². The van der Waals surface area contributed by atoms with Crippen LogP contribution in [0.15, 0.2) is 58.4 Å². The molecule has 6 heteroatoms. The molecule has 1 aliphatic rings. The maximum atomic E-state index is 10.9. The molecule has 1 unspecified atom stereocenters. The third kappa shape index (κ3) is 6.00. The number of aliphatic imine (C=N–C) groups is 1. The molecule has 1 aliphatic carbocycles. The molecule has 2 rings (SSSR count). The van der Waals surface area contributed by atoms with E-state index in [1.165, 1.54) is 16.7 Å². The fourth-order valence-corrected chi connectivity index (χ4v) is 3.00. The van der Waals surface area contributed by atoms with Gasteiger partial charge >= 0.3 is 5.97 Å². The van der Waals surface area contributed by atoms with Crippen LogP contribution in [0.3, 0.4) is 0 Å². The Kier molecular flexibility index (Phi) is 7.25. The molecule has 144 valence electrons. The molecule has 1 aromatic rings. The van der Waals surface area contributed by atoms with Gasteiger partial charge in [0.2, 0.25) is 5.90 Å². The molecule has 0 fully saturated rings. The summed E-state index contributed by atoms with van der Waals surface area (Å²) in [5, 5.41) is 8.98. The Balaban J connectivity index is 2.35. The van der Waals surface area contributed by atoms with Crippen molar-refractivity contribution in [1.29, 1.82) is 0 Å². The highest BCUT2D eigenvalue weighted by atomic mass is 35.5. The minimum Gasteiger partial charge on any atom is -0.497 e. The number of hydrogen-bond donors (Lipinski definition) is 1. The Hall–Kier alpha value is -2.53. The number of benzene rings is 1. The van der Waals surface area contributed by atoms with Crippen molar-refractivity contribution in [1.82, 2.24) is 0 Å². The summed E-state index contributed by atoms with van der Waals surface area (Å²) in [6.07, 6.45) is 5.28. The van der Waals surface area contributed by atoms with Crippen LogP contribution in [0.4, 0.5) is 0 Å². The van der Waals surface area contributed by atoms with E-state index in [-0.39, 0.29) is 17.0 Å². The van der Waals surface area contributed by atoms with Gasteiger partial charge in [0.05, 0.1) is 7.11 Å². The van der Waals surface area contributed by atoms with Gasteiger partial charge in [-0.05, 0) is 61.4 Å². The largest absolute Gasteiger partial charge is 0.497 e. The van der Waals surface area contributed by atoms with Gasteiger partial charge in [-0.15, -0.1) is 0 Å². The van der Waals surface area contributed by atoms with Crippen LogP contribution in [0.25, 0.3) is 0 Å².